The maximum absolute atomic E-state index is 11.3. The Morgan fingerprint density at radius 2 is 2.26 bits per heavy atom. The van der Waals surface area contributed by atoms with E-state index in [1.165, 1.54) is 0 Å². The molecule has 0 amide bonds. The Bertz CT molecular complexity index is 298. The van der Waals surface area contributed by atoms with Crippen molar-refractivity contribution in [3.63, 3.8) is 0 Å². The number of ether oxygens (including phenoxy) is 1. The smallest absolute Gasteiger partial charge is 0.323 e. The van der Waals surface area contributed by atoms with Gasteiger partial charge in [-0.05, 0) is 53.2 Å². The van der Waals surface area contributed by atoms with Gasteiger partial charge in [0.05, 0.1) is 6.10 Å². The minimum atomic E-state index is -0.812. The third-order valence-electron chi connectivity index (χ3n) is 4.13. The topological polar surface area (TPSA) is 61.8 Å². The SMILES string of the molecule is CCNC(C)(CCCN(C)C1CCOC1C)C(=O)O. The van der Waals surface area contributed by atoms with Crippen molar-refractivity contribution in [2.75, 3.05) is 26.7 Å². The summed E-state index contributed by atoms with van der Waals surface area (Å²) in [7, 11) is 2.10. The minimum absolute atomic E-state index is 0.282. The lowest BCUT2D eigenvalue weighted by atomic mass is 9.95. The summed E-state index contributed by atoms with van der Waals surface area (Å²) in [5, 5.41) is 12.4. The fourth-order valence-corrected chi connectivity index (χ4v) is 2.81. The van der Waals surface area contributed by atoms with Gasteiger partial charge in [0, 0.05) is 12.6 Å². The molecular weight excluding hydrogens is 244 g/mol. The molecule has 1 fully saturated rings. The Morgan fingerprint density at radius 1 is 1.58 bits per heavy atom. The van der Waals surface area contributed by atoms with E-state index in [-0.39, 0.29) is 6.10 Å². The number of nitrogens with zero attached hydrogens (tertiary/aromatic N) is 1. The maximum Gasteiger partial charge on any atom is 0.323 e. The third-order valence-corrected chi connectivity index (χ3v) is 4.13. The van der Waals surface area contributed by atoms with Crippen LogP contribution in [0.5, 0.6) is 0 Å². The Balaban J connectivity index is 2.37. The monoisotopic (exact) mass is 272 g/mol. The summed E-state index contributed by atoms with van der Waals surface area (Å²) in [6, 6.07) is 0.468. The first-order valence-electron chi connectivity index (χ1n) is 7.21. The summed E-state index contributed by atoms with van der Waals surface area (Å²) in [4.78, 5) is 13.6. The summed E-state index contributed by atoms with van der Waals surface area (Å²) < 4.78 is 5.56. The predicted molar refractivity (Wildman–Crippen MR) is 75.4 cm³/mol. The van der Waals surface area contributed by atoms with E-state index in [1.807, 2.05) is 6.92 Å². The van der Waals surface area contributed by atoms with Crippen LogP contribution >= 0.6 is 0 Å². The van der Waals surface area contributed by atoms with Crippen molar-refractivity contribution in [2.45, 2.75) is 57.7 Å². The molecule has 19 heavy (non-hydrogen) atoms. The number of carboxylic acid groups (broad SMARTS) is 1. The van der Waals surface area contributed by atoms with Gasteiger partial charge in [-0.3, -0.25) is 4.79 Å². The highest BCUT2D eigenvalue weighted by Gasteiger charge is 2.32. The van der Waals surface area contributed by atoms with Crippen LogP contribution in [-0.2, 0) is 9.53 Å². The number of hydrogen-bond donors (Lipinski definition) is 2. The summed E-state index contributed by atoms with van der Waals surface area (Å²) in [5.74, 6) is -0.769. The van der Waals surface area contributed by atoms with Crippen LogP contribution in [0.4, 0.5) is 0 Å². The zero-order valence-corrected chi connectivity index (χ0v) is 12.6. The van der Waals surface area contributed by atoms with Crippen LogP contribution in [0.25, 0.3) is 0 Å². The van der Waals surface area contributed by atoms with E-state index in [1.54, 1.807) is 6.92 Å². The molecule has 2 N–H and O–H groups in total. The number of aliphatic carboxylic acids is 1. The molecule has 3 unspecified atom stereocenters. The average molecular weight is 272 g/mol. The van der Waals surface area contributed by atoms with Gasteiger partial charge in [-0.2, -0.15) is 0 Å². The first-order chi connectivity index (χ1) is 8.90. The van der Waals surface area contributed by atoms with Crippen LogP contribution in [0.3, 0.4) is 0 Å². The molecule has 1 saturated heterocycles. The van der Waals surface area contributed by atoms with E-state index in [0.717, 1.165) is 26.0 Å². The molecule has 0 aromatic rings. The second kappa shape index (κ2) is 7.22. The number of hydrogen-bond acceptors (Lipinski definition) is 4. The van der Waals surface area contributed by atoms with Crippen LogP contribution in [0, 0.1) is 0 Å². The fraction of sp³-hybridized carbons (Fsp3) is 0.929. The molecule has 1 aliphatic heterocycles. The van der Waals surface area contributed by atoms with Gasteiger partial charge < -0.3 is 20.1 Å². The lowest BCUT2D eigenvalue weighted by molar-refractivity contribution is -0.144. The molecule has 0 aromatic heterocycles. The second-order valence-electron chi connectivity index (χ2n) is 5.68. The van der Waals surface area contributed by atoms with E-state index in [9.17, 15) is 9.90 Å². The standard InChI is InChI=1S/C14H28N2O3/c1-5-15-14(3,13(17)18)8-6-9-16(4)12-7-10-19-11(12)2/h11-12,15H,5-10H2,1-4H3,(H,17,18). The van der Waals surface area contributed by atoms with Crippen LogP contribution in [-0.4, -0.2) is 60.4 Å². The van der Waals surface area contributed by atoms with Gasteiger partial charge in [0.2, 0.25) is 0 Å². The molecule has 0 spiro atoms. The molecular formula is C14H28N2O3. The van der Waals surface area contributed by atoms with Gasteiger partial charge in [-0.1, -0.05) is 6.92 Å². The van der Waals surface area contributed by atoms with Crippen molar-refractivity contribution in [2.24, 2.45) is 0 Å². The summed E-state index contributed by atoms with van der Waals surface area (Å²) in [5.41, 5.74) is -0.812. The van der Waals surface area contributed by atoms with E-state index in [0.29, 0.717) is 19.0 Å². The number of rotatable bonds is 8. The quantitative estimate of drug-likeness (QED) is 0.698. The summed E-state index contributed by atoms with van der Waals surface area (Å²) in [6.45, 7) is 8.22. The summed E-state index contributed by atoms with van der Waals surface area (Å²) in [6.07, 6.45) is 2.86. The van der Waals surface area contributed by atoms with E-state index < -0.39 is 11.5 Å². The van der Waals surface area contributed by atoms with E-state index in [4.69, 9.17) is 4.74 Å². The largest absolute Gasteiger partial charge is 0.480 e. The van der Waals surface area contributed by atoms with Gasteiger partial charge in [0.25, 0.3) is 0 Å². The number of nitrogens with one attached hydrogen (secondary N) is 1. The first kappa shape index (κ1) is 16.4. The normalized spacial score (nSPS) is 26.6. The van der Waals surface area contributed by atoms with Crippen LogP contribution in [0.2, 0.25) is 0 Å². The Hall–Kier alpha value is -0.650. The van der Waals surface area contributed by atoms with Gasteiger partial charge in [0.1, 0.15) is 5.54 Å². The molecule has 1 aliphatic rings. The Morgan fingerprint density at radius 3 is 2.74 bits per heavy atom. The van der Waals surface area contributed by atoms with Crippen LogP contribution in [0.1, 0.15) is 40.0 Å². The minimum Gasteiger partial charge on any atom is -0.480 e. The molecule has 1 rings (SSSR count). The predicted octanol–water partition coefficient (Wildman–Crippen LogP) is 1.33. The fourth-order valence-electron chi connectivity index (χ4n) is 2.81. The zero-order valence-electron chi connectivity index (χ0n) is 12.6. The molecule has 112 valence electrons. The van der Waals surface area contributed by atoms with Gasteiger partial charge >= 0.3 is 5.97 Å². The number of likely N-dealkylation sites (N-methyl/N-ethyl adjacent to an activating group) is 2. The van der Waals surface area contributed by atoms with Crippen molar-refractivity contribution in [3.05, 3.63) is 0 Å². The highest BCUT2D eigenvalue weighted by atomic mass is 16.5. The average Bonchev–Trinajstić information content (AvgIpc) is 2.75. The van der Waals surface area contributed by atoms with Crippen molar-refractivity contribution < 1.29 is 14.6 Å². The van der Waals surface area contributed by atoms with Gasteiger partial charge in [0.15, 0.2) is 0 Å². The van der Waals surface area contributed by atoms with Crippen molar-refractivity contribution in [1.82, 2.24) is 10.2 Å². The highest BCUT2D eigenvalue weighted by Crippen LogP contribution is 2.20. The highest BCUT2D eigenvalue weighted by molar-refractivity contribution is 5.78. The van der Waals surface area contributed by atoms with Crippen molar-refractivity contribution >= 4 is 5.97 Å². The molecule has 0 bridgehead atoms. The van der Waals surface area contributed by atoms with Gasteiger partial charge in [-0.15, -0.1) is 0 Å². The molecule has 5 nitrogen and oxygen atoms in total. The van der Waals surface area contributed by atoms with Crippen LogP contribution in [0.15, 0.2) is 0 Å². The molecule has 3 atom stereocenters. The number of carboxylic acids is 1. The van der Waals surface area contributed by atoms with E-state index >= 15 is 0 Å². The molecule has 0 radical (unpaired) electrons. The van der Waals surface area contributed by atoms with Crippen molar-refractivity contribution in [3.8, 4) is 0 Å². The molecule has 0 aliphatic carbocycles. The number of carbonyl (C=O) groups is 1. The molecule has 0 saturated carbocycles. The first-order valence-corrected chi connectivity index (χ1v) is 7.21. The molecule has 1 heterocycles. The lowest BCUT2D eigenvalue weighted by Gasteiger charge is -2.29. The Labute approximate surface area is 116 Å². The second-order valence-corrected chi connectivity index (χ2v) is 5.68. The lowest BCUT2D eigenvalue weighted by Crippen LogP contribution is -2.50. The maximum atomic E-state index is 11.3. The molecule has 0 aromatic carbocycles. The Kier molecular flexibility index (Phi) is 6.23. The third kappa shape index (κ3) is 4.44. The van der Waals surface area contributed by atoms with Crippen molar-refractivity contribution in [1.29, 1.82) is 0 Å². The van der Waals surface area contributed by atoms with E-state index in [2.05, 4.69) is 24.2 Å². The van der Waals surface area contributed by atoms with Crippen LogP contribution < -0.4 is 5.32 Å². The summed E-state index contributed by atoms with van der Waals surface area (Å²) >= 11 is 0. The van der Waals surface area contributed by atoms with Gasteiger partial charge in [-0.25, -0.2) is 0 Å². The zero-order chi connectivity index (χ0) is 14.5. The molecule has 5 heteroatoms.